The molecule has 4 nitrogen and oxygen atoms in total. The van der Waals surface area contributed by atoms with Crippen molar-refractivity contribution in [3.05, 3.63) is 59.2 Å². The second-order valence-electron chi connectivity index (χ2n) is 5.81. The monoisotopic (exact) mass is 309 g/mol. The topological polar surface area (TPSA) is 69.4 Å². The molecular weight excluding hydrogens is 290 g/mol. The van der Waals surface area contributed by atoms with Crippen molar-refractivity contribution in [1.82, 2.24) is 0 Å². The number of nitrogens with two attached hydrogens (primary N) is 1. The summed E-state index contributed by atoms with van der Waals surface area (Å²) in [5.74, 6) is 0.627. The second-order valence-corrected chi connectivity index (χ2v) is 5.81. The number of aryl methyl sites for hydroxylation is 1. The van der Waals surface area contributed by atoms with Crippen molar-refractivity contribution in [2.24, 2.45) is 5.92 Å². The number of nitrogen functional groups attached to an aromatic ring is 1. The van der Waals surface area contributed by atoms with E-state index >= 15 is 0 Å². The fourth-order valence-corrected chi connectivity index (χ4v) is 2.96. The van der Waals surface area contributed by atoms with Crippen molar-refractivity contribution in [2.75, 3.05) is 5.73 Å². The zero-order valence-electron chi connectivity index (χ0n) is 12.8. The average Bonchev–Trinajstić information content (AvgIpc) is 2.57. The summed E-state index contributed by atoms with van der Waals surface area (Å²) in [7, 11) is 0. The third kappa shape index (κ3) is 3.26. The van der Waals surface area contributed by atoms with E-state index in [0.29, 0.717) is 18.7 Å². The summed E-state index contributed by atoms with van der Waals surface area (Å²) in [5.41, 5.74) is 9.26. The molecule has 4 heteroatoms. The van der Waals surface area contributed by atoms with E-state index in [1.807, 2.05) is 30.3 Å². The Morgan fingerprint density at radius 1 is 1.22 bits per heavy atom. The molecule has 118 valence electrons. The van der Waals surface area contributed by atoms with Gasteiger partial charge in [0.25, 0.3) is 0 Å². The van der Waals surface area contributed by atoms with Gasteiger partial charge in [0, 0.05) is 29.2 Å². The zero-order valence-corrected chi connectivity index (χ0v) is 12.8. The summed E-state index contributed by atoms with van der Waals surface area (Å²) in [5, 5.41) is 0. The van der Waals surface area contributed by atoms with Crippen molar-refractivity contribution in [1.29, 1.82) is 0 Å². The predicted molar refractivity (Wildman–Crippen MR) is 88.5 cm³/mol. The maximum absolute atomic E-state index is 12.3. The van der Waals surface area contributed by atoms with Crippen LogP contribution in [-0.2, 0) is 17.8 Å². The third-order valence-electron chi connectivity index (χ3n) is 4.31. The lowest BCUT2D eigenvalue weighted by Gasteiger charge is -2.22. The number of benzene rings is 2. The Balaban J connectivity index is 1.73. The molecule has 0 heterocycles. The number of carbonyl (C=O) groups excluding carboxylic acids is 2. The van der Waals surface area contributed by atoms with E-state index in [4.69, 9.17) is 10.5 Å². The Morgan fingerprint density at radius 2 is 2.04 bits per heavy atom. The van der Waals surface area contributed by atoms with Gasteiger partial charge in [-0.05, 0) is 42.7 Å². The van der Waals surface area contributed by atoms with Crippen LogP contribution in [0.25, 0.3) is 0 Å². The lowest BCUT2D eigenvalue weighted by Crippen LogP contribution is -2.22. The number of para-hydroxylation sites is 1. The van der Waals surface area contributed by atoms with Crippen LogP contribution in [0, 0.1) is 5.92 Å². The van der Waals surface area contributed by atoms with Crippen LogP contribution in [0.15, 0.2) is 42.5 Å². The van der Waals surface area contributed by atoms with Gasteiger partial charge in [-0.2, -0.15) is 0 Å². The maximum Gasteiger partial charge on any atom is 0.166 e. The first-order valence-electron chi connectivity index (χ1n) is 7.76. The van der Waals surface area contributed by atoms with E-state index in [9.17, 15) is 9.59 Å². The lowest BCUT2D eigenvalue weighted by atomic mass is 9.81. The number of carbonyl (C=O) groups is 2. The largest absolute Gasteiger partial charge is 0.489 e. The van der Waals surface area contributed by atoms with Crippen molar-refractivity contribution in [2.45, 2.75) is 25.9 Å². The van der Waals surface area contributed by atoms with Gasteiger partial charge in [-0.1, -0.05) is 18.2 Å². The van der Waals surface area contributed by atoms with Crippen LogP contribution in [0.5, 0.6) is 5.75 Å². The van der Waals surface area contributed by atoms with Gasteiger partial charge in [0.15, 0.2) is 5.78 Å². The van der Waals surface area contributed by atoms with Gasteiger partial charge >= 0.3 is 0 Å². The first-order chi connectivity index (χ1) is 11.2. The van der Waals surface area contributed by atoms with Crippen LogP contribution in [0.1, 0.15) is 34.3 Å². The van der Waals surface area contributed by atoms with Gasteiger partial charge in [0.05, 0.1) is 0 Å². The number of rotatable bonds is 5. The highest BCUT2D eigenvalue weighted by Crippen LogP contribution is 2.30. The van der Waals surface area contributed by atoms with E-state index in [0.717, 1.165) is 41.6 Å². The molecule has 1 unspecified atom stereocenters. The van der Waals surface area contributed by atoms with Gasteiger partial charge in [-0.3, -0.25) is 4.79 Å². The standard InChI is InChI=1S/C19H19NO3/c20-18-4-2-1-3-15(18)12-23-16-7-8-17-14(11-16)6-5-13(9-10-21)19(17)22/h1-4,7-8,10-11,13H,5-6,9,12,20H2. The van der Waals surface area contributed by atoms with Crippen molar-refractivity contribution in [3.63, 3.8) is 0 Å². The molecule has 2 aromatic carbocycles. The number of hydrogen-bond donors (Lipinski definition) is 1. The lowest BCUT2D eigenvalue weighted by molar-refractivity contribution is -0.108. The van der Waals surface area contributed by atoms with E-state index in [2.05, 4.69) is 0 Å². The average molecular weight is 309 g/mol. The van der Waals surface area contributed by atoms with Crippen LogP contribution in [-0.4, -0.2) is 12.1 Å². The Labute approximate surface area is 135 Å². The Morgan fingerprint density at radius 3 is 2.83 bits per heavy atom. The molecule has 0 spiro atoms. The van der Waals surface area contributed by atoms with Crippen LogP contribution in [0.4, 0.5) is 5.69 Å². The molecule has 1 aliphatic rings. The van der Waals surface area contributed by atoms with Crippen molar-refractivity contribution in [3.8, 4) is 5.75 Å². The summed E-state index contributed by atoms with van der Waals surface area (Å²) in [6.45, 7) is 0.396. The highest BCUT2D eigenvalue weighted by molar-refractivity contribution is 6.01. The molecule has 0 saturated heterocycles. The zero-order chi connectivity index (χ0) is 16.2. The van der Waals surface area contributed by atoms with E-state index in [1.54, 1.807) is 12.1 Å². The van der Waals surface area contributed by atoms with Gasteiger partial charge in [0.2, 0.25) is 0 Å². The number of aldehydes is 1. The molecule has 0 aromatic heterocycles. The highest BCUT2D eigenvalue weighted by atomic mass is 16.5. The number of hydrogen-bond acceptors (Lipinski definition) is 4. The van der Waals surface area contributed by atoms with Crippen LogP contribution < -0.4 is 10.5 Å². The van der Waals surface area contributed by atoms with Crippen LogP contribution in [0.3, 0.4) is 0 Å². The van der Waals surface area contributed by atoms with Gasteiger partial charge < -0.3 is 15.3 Å². The fourth-order valence-electron chi connectivity index (χ4n) is 2.96. The number of anilines is 1. The Bertz CT molecular complexity index is 739. The SMILES string of the molecule is Nc1ccccc1COc1ccc2c(c1)CCC(CC=O)C2=O. The minimum Gasteiger partial charge on any atom is -0.489 e. The first-order valence-corrected chi connectivity index (χ1v) is 7.76. The Kier molecular flexibility index (Phi) is 4.42. The van der Waals surface area contributed by atoms with Gasteiger partial charge in [-0.15, -0.1) is 0 Å². The quantitative estimate of drug-likeness (QED) is 0.680. The van der Waals surface area contributed by atoms with E-state index < -0.39 is 0 Å². The number of Topliss-reactive ketones (excluding diaryl/α,β-unsaturated/α-hetero) is 1. The van der Waals surface area contributed by atoms with E-state index in [-0.39, 0.29) is 11.7 Å². The molecule has 23 heavy (non-hydrogen) atoms. The molecule has 2 N–H and O–H groups in total. The minimum absolute atomic E-state index is 0.0669. The molecule has 0 radical (unpaired) electrons. The molecule has 3 rings (SSSR count). The molecular formula is C19H19NO3. The second kappa shape index (κ2) is 6.65. The molecule has 1 atom stereocenters. The minimum atomic E-state index is -0.170. The Hall–Kier alpha value is -2.62. The van der Waals surface area contributed by atoms with Gasteiger partial charge in [-0.25, -0.2) is 0 Å². The van der Waals surface area contributed by atoms with E-state index in [1.165, 1.54) is 0 Å². The normalized spacial score (nSPS) is 16.7. The van der Waals surface area contributed by atoms with Crippen molar-refractivity contribution >= 4 is 17.8 Å². The third-order valence-corrected chi connectivity index (χ3v) is 4.31. The number of fused-ring (bicyclic) bond motifs is 1. The molecule has 1 aliphatic carbocycles. The number of ketones is 1. The summed E-state index contributed by atoms with van der Waals surface area (Å²) in [6.07, 6.45) is 2.66. The highest BCUT2D eigenvalue weighted by Gasteiger charge is 2.27. The van der Waals surface area contributed by atoms with Crippen LogP contribution >= 0.6 is 0 Å². The molecule has 0 aliphatic heterocycles. The predicted octanol–water partition coefficient (Wildman–Crippen LogP) is 3.18. The smallest absolute Gasteiger partial charge is 0.166 e. The molecule has 0 bridgehead atoms. The maximum atomic E-state index is 12.3. The first kappa shape index (κ1) is 15.3. The summed E-state index contributed by atoms with van der Waals surface area (Å²) in [4.78, 5) is 23.0. The fraction of sp³-hybridized carbons (Fsp3) is 0.263. The molecule has 0 fully saturated rings. The van der Waals surface area contributed by atoms with Gasteiger partial charge in [0.1, 0.15) is 18.6 Å². The number of ether oxygens (including phenoxy) is 1. The van der Waals surface area contributed by atoms with Crippen LogP contribution in [0.2, 0.25) is 0 Å². The summed E-state index contributed by atoms with van der Waals surface area (Å²) in [6, 6.07) is 13.1. The van der Waals surface area contributed by atoms with Crippen molar-refractivity contribution < 1.29 is 14.3 Å². The summed E-state index contributed by atoms with van der Waals surface area (Å²) >= 11 is 0. The molecule has 0 saturated carbocycles. The molecule has 2 aromatic rings. The molecule has 0 amide bonds. The summed E-state index contributed by atoms with van der Waals surface area (Å²) < 4.78 is 5.80.